The van der Waals surface area contributed by atoms with Crippen molar-refractivity contribution in [3.63, 3.8) is 0 Å². The Morgan fingerprint density at radius 3 is 2.50 bits per heavy atom. The Hall–Kier alpha value is -1.05. The molecule has 0 bridgehead atoms. The summed E-state index contributed by atoms with van der Waals surface area (Å²) in [6.07, 6.45) is 1.10. The molecule has 1 nitrogen and oxygen atoms in total. The standard InChI is InChI=1S/C12H18FN/c1-4-9(2)10(3)14-12-8-6-5-7-11(12)13/h5-10,14H,4H2,1-3H3/t9-,10-/m0/s1. The quantitative estimate of drug-likeness (QED) is 0.773. The third-order valence-electron chi connectivity index (χ3n) is 2.75. The SMILES string of the molecule is CC[C@H](C)[C@H](C)Nc1ccccc1F. The van der Waals surface area contributed by atoms with Gasteiger partial charge in [-0.15, -0.1) is 0 Å². The molecule has 1 N–H and O–H groups in total. The second-order valence-electron chi connectivity index (χ2n) is 3.80. The molecular formula is C12H18FN. The van der Waals surface area contributed by atoms with Gasteiger partial charge in [0.1, 0.15) is 5.82 Å². The number of hydrogen-bond donors (Lipinski definition) is 1. The first-order valence-corrected chi connectivity index (χ1v) is 5.16. The molecule has 0 heterocycles. The molecule has 0 saturated heterocycles. The van der Waals surface area contributed by atoms with Gasteiger partial charge in [-0.3, -0.25) is 0 Å². The van der Waals surface area contributed by atoms with E-state index in [0.29, 0.717) is 17.6 Å². The van der Waals surface area contributed by atoms with Crippen LogP contribution < -0.4 is 5.32 Å². The highest BCUT2D eigenvalue weighted by molar-refractivity contribution is 5.45. The highest BCUT2D eigenvalue weighted by Gasteiger charge is 2.11. The van der Waals surface area contributed by atoms with Crippen LogP contribution in [0.4, 0.5) is 10.1 Å². The molecule has 0 aliphatic heterocycles. The maximum Gasteiger partial charge on any atom is 0.146 e. The van der Waals surface area contributed by atoms with Gasteiger partial charge in [0.2, 0.25) is 0 Å². The van der Waals surface area contributed by atoms with Crippen LogP contribution in [-0.4, -0.2) is 6.04 Å². The van der Waals surface area contributed by atoms with Gasteiger partial charge in [0.25, 0.3) is 0 Å². The second-order valence-corrected chi connectivity index (χ2v) is 3.80. The van der Waals surface area contributed by atoms with Gasteiger partial charge < -0.3 is 5.32 Å². The summed E-state index contributed by atoms with van der Waals surface area (Å²) in [6, 6.07) is 7.10. The van der Waals surface area contributed by atoms with Gasteiger partial charge in [0.15, 0.2) is 0 Å². The van der Waals surface area contributed by atoms with Crippen molar-refractivity contribution in [3.8, 4) is 0 Å². The largest absolute Gasteiger partial charge is 0.380 e. The van der Waals surface area contributed by atoms with Gasteiger partial charge >= 0.3 is 0 Å². The van der Waals surface area contributed by atoms with Crippen LogP contribution in [-0.2, 0) is 0 Å². The number of rotatable bonds is 4. The summed E-state index contributed by atoms with van der Waals surface area (Å²) >= 11 is 0. The third kappa shape index (κ3) is 2.72. The fraction of sp³-hybridized carbons (Fsp3) is 0.500. The van der Waals surface area contributed by atoms with Crippen LogP contribution >= 0.6 is 0 Å². The van der Waals surface area contributed by atoms with Gasteiger partial charge in [0, 0.05) is 6.04 Å². The maximum absolute atomic E-state index is 13.3. The third-order valence-corrected chi connectivity index (χ3v) is 2.75. The van der Waals surface area contributed by atoms with E-state index in [-0.39, 0.29) is 5.82 Å². The zero-order chi connectivity index (χ0) is 10.6. The fourth-order valence-corrected chi connectivity index (χ4v) is 1.32. The molecule has 1 aromatic carbocycles. The Morgan fingerprint density at radius 1 is 1.29 bits per heavy atom. The lowest BCUT2D eigenvalue weighted by Gasteiger charge is -2.21. The van der Waals surface area contributed by atoms with Crippen molar-refractivity contribution >= 4 is 5.69 Å². The van der Waals surface area contributed by atoms with E-state index < -0.39 is 0 Å². The molecule has 1 aromatic rings. The van der Waals surface area contributed by atoms with Crippen LogP contribution in [0.3, 0.4) is 0 Å². The molecule has 0 unspecified atom stereocenters. The number of benzene rings is 1. The maximum atomic E-state index is 13.3. The lowest BCUT2D eigenvalue weighted by Crippen LogP contribution is -2.23. The molecule has 0 fully saturated rings. The van der Waals surface area contributed by atoms with Crippen LogP contribution in [0.2, 0.25) is 0 Å². The molecule has 14 heavy (non-hydrogen) atoms. The molecule has 2 atom stereocenters. The van der Waals surface area contributed by atoms with E-state index in [2.05, 4.69) is 26.1 Å². The highest BCUT2D eigenvalue weighted by atomic mass is 19.1. The molecule has 0 aliphatic carbocycles. The molecule has 0 saturated carbocycles. The number of anilines is 1. The van der Waals surface area contributed by atoms with E-state index in [1.54, 1.807) is 12.1 Å². The first-order valence-electron chi connectivity index (χ1n) is 5.16. The molecule has 0 amide bonds. The summed E-state index contributed by atoms with van der Waals surface area (Å²) in [4.78, 5) is 0. The van der Waals surface area contributed by atoms with Crippen molar-refractivity contribution in [2.45, 2.75) is 33.2 Å². The van der Waals surface area contributed by atoms with E-state index in [1.165, 1.54) is 6.07 Å². The van der Waals surface area contributed by atoms with Crippen molar-refractivity contribution in [2.75, 3.05) is 5.32 Å². The summed E-state index contributed by atoms with van der Waals surface area (Å²) in [6.45, 7) is 6.39. The minimum absolute atomic E-state index is 0.178. The summed E-state index contributed by atoms with van der Waals surface area (Å²) in [7, 11) is 0. The molecule has 0 radical (unpaired) electrons. The van der Waals surface area contributed by atoms with Crippen LogP contribution in [0.5, 0.6) is 0 Å². The molecule has 78 valence electrons. The van der Waals surface area contributed by atoms with Gasteiger partial charge in [0.05, 0.1) is 5.69 Å². The Labute approximate surface area is 85.3 Å². The molecule has 0 aliphatic rings. The summed E-state index contributed by atoms with van der Waals surface area (Å²) in [5.74, 6) is 0.372. The van der Waals surface area contributed by atoms with E-state index >= 15 is 0 Å². The second kappa shape index (κ2) is 4.99. The normalized spacial score (nSPS) is 14.9. The zero-order valence-electron chi connectivity index (χ0n) is 9.05. The smallest absolute Gasteiger partial charge is 0.146 e. The van der Waals surface area contributed by atoms with Crippen molar-refractivity contribution < 1.29 is 4.39 Å². The molecule has 0 spiro atoms. The molecule has 1 rings (SSSR count). The average Bonchev–Trinajstić information content (AvgIpc) is 2.20. The zero-order valence-corrected chi connectivity index (χ0v) is 9.05. The van der Waals surface area contributed by atoms with Crippen LogP contribution in [0, 0.1) is 11.7 Å². The van der Waals surface area contributed by atoms with Gasteiger partial charge in [-0.2, -0.15) is 0 Å². The monoisotopic (exact) mass is 195 g/mol. The number of hydrogen-bond acceptors (Lipinski definition) is 1. The van der Waals surface area contributed by atoms with E-state index in [4.69, 9.17) is 0 Å². The van der Waals surface area contributed by atoms with Crippen LogP contribution in [0.1, 0.15) is 27.2 Å². The van der Waals surface area contributed by atoms with Gasteiger partial charge in [-0.05, 0) is 25.0 Å². The lowest BCUT2D eigenvalue weighted by atomic mass is 10.0. The summed E-state index contributed by atoms with van der Waals surface area (Å²) in [5.41, 5.74) is 0.598. The van der Waals surface area contributed by atoms with Crippen LogP contribution in [0.15, 0.2) is 24.3 Å². The summed E-state index contributed by atoms with van der Waals surface area (Å²) < 4.78 is 13.3. The first kappa shape index (κ1) is 11.0. The molecular weight excluding hydrogens is 177 g/mol. The van der Waals surface area contributed by atoms with E-state index in [1.807, 2.05) is 6.07 Å². The van der Waals surface area contributed by atoms with Crippen molar-refractivity contribution in [1.82, 2.24) is 0 Å². The van der Waals surface area contributed by atoms with Gasteiger partial charge in [-0.1, -0.05) is 32.4 Å². The molecule has 0 aromatic heterocycles. The average molecular weight is 195 g/mol. The predicted molar refractivity (Wildman–Crippen MR) is 58.9 cm³/mol. The van der Waals surface area contributed by atoms with E-state index in [9.17, 15) is 4.39 Å². The highest BCUT2D eigenvalue weighted by Crippen LogP contribution is 2.17. The minimum Gasteiger partial charge on any atom is -0.380 e. The topological polar surface area (TPSA) is 12.0 Å². The predicted octanol–water partition coefficient (Wildman–Crippen LogP) is 3.67. The summed E-state index contributed by atoms with van der Waals surface area (Å²) in [5, 5.41) is 3.19. The molecule has 2 heteroatoms. The van der Waals surface area contributed by atoms with Crippen molar-refractivity contribution in [1.29, 1.82) is 0 Å². The number of halogens is 1. The van der Waals surface area contributed by atoms with Crippen molar-refractivity contribution in [2.24, 2.45) is 5.92 Å². The Bertz CT molecular complexity index is 285. The lowest BCUT2D eigenvalue weighted by molar-refractivity contribution is 0.491. The first-order chi connectivity index (χ1) is 6.65. The van der Waals surface area contributed by atoms with Crippen LogP contribution in [0.25, 0.3) is 0 Å². The fourth-order valence-electron chi connectivity index (χ4n) is 1.32. The minimum atomic E-state index is -0.178. The van der Waals surface area contributed by atoms with Crippen molar-refractivity contribution in [3.05, 3.63) is 30.1 Å². The van der Waals surface area contributed by atoms with Gasteiger partial charge in [-0.25, -0.2) is 4.39 Å². The number of para-hydroxylation sites is 1. The number of nitrogens with one attached hydrogen (secondary N) is 1. The Morgan fingerprint density at radius 2 is 1.93 bits per heavy atom. The Kier molecular flexibility index (Phi) is 3.93. The van der Waals surface area contributed by atoms with E-state index in [0.717, 1.165) is 6.42 Å². The Balaban J connectivity index is 2.64.